The number of halogens is 1. The second-order valence-electron chi connectivity index (χ2n) is 2.95. The lowest BCUT2D eigenvalue weighted by Gasteiger charge is -2.10. The molecule has 0 aliphatic carbocycles. The Kier molecular flexibility index (Phi) is 5.03. The van der Waals surface area contributed by atoms with Crippen LogP contribution in [-0.2, 0) is 6.54 Å². The Balaban J connectivity index is 2.66. The average molecular weight is 224 g/mol. The molecule has 0 fully saturated rings. The largest absolute Gasteiger partial charge is 0.492 e. The SMILES string of the molecule is CC#CCCOc1cccc(Cl)c1CN. The molecule has 0 aromatic heterocycles. The summed E-state index contributed by atoms with van der Waals surface area (Å²) in [5.41, 5.74) is 6.44. The van der Waals surface area contributed by atoms with Crippen molar-refractivity contribution < 1.29 is 4.74 Å². The lowest BCUT2D eigenvalue weighted by molar-refractivity contribution is 0.324. The average Bonchev–Trinajstić information content (AvgIpc) is 2.24. The van der Waals surface area contributed by atoms with Gasteiger partial charge in [-0.1, -0.05) is 17.7 Å². The van der Waals surface area contributed by atoms with E-state index in [1.807, 2.05) is 25.1 Å². The van der Waals surface area contributed by atoms with E-state index in [1.165, 1.54) is 0 Å². The summed E-state index contributed by atoms with van der Waals surface area (Å²) in [5, 5.41) is 0.650. The number of ether oxygens (including phenoxy) is 1. The topological polar surface area (TPSA) is 35.2 Å². The lowest BCUT2D eigenvalue weighted by Crippen LogP contribution is -2.04. The van der Waals surface area contributed by atoms with E-state index in [4.69, 9.17) is 22.1 Å². The summed E-state index contributed by atoms with van der Waals surface area (Å²) in [6.07, 6.45) is 0.715. The molecule has 2 N–H and O–H groups in total. The highest BCUT2D eigenvalue weighted by Gasteiger charge is 2.05. The molecule has 15 heavy (non-hydrogen) atoms. The summed E-state index contributed by atoms with van der Waals surface area (Å²) in [6.45, 7) is 2.76. The number of nitrogens with two attached hydrogens (primary N) is 1. The molecule has 0 aliphatic rings. The van der Waals surface area contributed by atoms with Gasteiger partial charge in [0.1, 0.15) is 5.75 Å². The van der Waals surface area contributed by atoms with Crippen molar-refractivity contribution in [1.82, 2.24) is 0 Å². The fraction of sp³-hybridized carbons (Fsp3) is 0.333. The third-order valence-corrected chi connectivity index (χ3v) is 2.30. The van der Waals surface area contributed by atoms with Crippen molar-refractivity contribution in [3.05, 3.63) is 28.8 Å². The van der Waals surface area contributed by atoms with Crippen LogP contribution in [0.2, 0.25) is 5.02 Å². The van der Waals surface area contributed by atoms with Crippen LogP contribution in [0, 0.1) is 11.8 Å². The molecule has 0 bridgehead atoms. The fourth-order valence-electron chi connectivity index (χ4n) is 1.21. The van der Waals surface area contributed by atoms with Crippen LogP contribution in [0.25, 0.3) is 0 Å². The summed E-state index contributed by atoms with van der Waals surface area (Å²) in [4.78, 5) is 0. The van der Waals surface area contributed by atoms with E-state index in [0.717, 1.165) is 11.3 Å². The second kappa shape index (κ2) is 6.34. The summed E-state index contributed by atoms with van der Waals surface area (Å²) >= 11 is 5.98. The van der Waals surface area contributed by atoms with Gasteiger partial charge in [0.25, 0.3) is 0 Å². The van der Waals surface area contributed by atoms with E-state index in [-0.39, 0.29) is 0 Å². The molecule has 0 spiro atoms. The molecule has 0 saturated heterocycles. The molecule has 0 atom stereocenters. The molecule has 1 rings (SSSR count). The molecule has 0 unspecified atom stereocenters. The molecule has 0 heterocycles. The lowest BCUT2D eigenvalue weighted by atomic mass is 10.2. The highest BCUT2D eigenvalue weighted by molar-refractivity contribution is 6.31. The first kappa shape index (κ1) is 11.9. The van der Waals surface area contributed by atoms with Crippen LogP contribution in [-0.4, -0.2) is 6.61 Å². The van der Waals surface area contributed by atoms with E-state index >= 15 is 0 Å². The van der Waals surface area contributed by atoms with Gasteiger partial charge in [0, 0.05) is 23.6 Å². The highest BCUT2D eigenvalue weighted by atomic mass is 35.5. The van der Waals surface area contributed by atoms with Gasteiger partial charge >= 0.3 is 0 Å². The first-order valence-electron chi connectivity index (χ1n) is 4.79. The van der Waals surface area contributed by atoms with Crippen LogP contribution < -0.4 is 10.5 Å². The van der Waals surface area contributed by atoms with Crippen LogP contribution in [0.3, 0.4) is 0 Å². The predicted molar refractivity (Wildman–Crippen MR) is 62.9 cm³/mol. The molecule has 0 aliphatic heterocycles. The Morgan fingerprint density at radius 1 is 1.47 bits per heavy atom. The van der Waals surface area contributed by atoms with Crippen molar-refractivity contribution >= 4 is 11.6 Å². The predicted octanol–water partition coefficient (Wildman–Crippen LogP) is 2.59. The minimum Gasteiger partial charge on any atom is -0.492 e. The summed E-state index contributed by atoms with van der Waals surface area (Å²) in [6, 6.07) is 5.53. The van der Waals surface area contributed by atoms with Crippen molar-refractivity contribution in [3.63, 3.8) is 0 Å². The smallest absolute Gasteiger partial charge is 0.125 e. The molecular weight excluding hydrogens is 210 g/mol. The Morgan fingerprint density at radius 2 is 2.27 bits per heavy atom. The highest BCUT2D eigenvalue weighted by Crippen LogP contribution is 2.25. The summed E-state index contributed by atoms with van der Waals surface area (Å²) < 4.78 is 5.54. The van der Waals surface area contributed by atoms with E-state index in [0.29, 0.717) is 24.6 Å². The van der Waals surface area contributed by atoms with E-state index in [1.54, 1.807) is 0 Å². The van der Waals surface area contributed by atoms with Gasteiger partial charge in [-0.25, -0.2) is 0 Å². The molecule has 1 aromatic carbocycles. The third-order valence-electron chi connectivity index (χ3n) is 1.94. The van der Waals surface area contributed by atoms with E-state index in [2.05, 4.69) is 11.8 Å². The van der Waals surface area contributed by atoms with Crippen LogP contribution in [0.1, 0.15) is 18.9 Å². The van der Waals surface area contributed by atoms with Crippen molar-refractivity contribution in [3.8, 4) is 17.6 Å². The van der Waals surface area contributed by atoms with Crippen LogP contribution in [0.5, 0.6) is 5.75 Å². The zero-order valence-corrected chi connectivity index (χ0v) is 9.47. The fourth-order valence-corrected chi connectivity index (χ4v) is 1.45. The third kappa shape index (κ3) is 3.47. The Morgan fingerprint density at radius 3 is 2.93 bits per heavy atom. The molecule has 0 amide bonds. The molecule has 2 nitrogen and oxygen atoms in total. The minimum absolute atomic E-state index is 0.383. The molecule has 0 saturated carbocycles. The second-order valence-corrected chi connectivity index (χ2v) is 3.35. The summed E-state index contributed by atoms with van der Waals surface area (Å²) in [5.74, 6) is 6.50. The van der Waals surface area contributed by atoms with Crippen LogP contribution >= 0.6 is 11.6 Å². The van der Waals surface area contributed by atoms with Gasteiger partial charge in [0.15, 0.2) is 0 Å². The zero-order valence-electron chi connectivity index (χ0n) is 8.72. The maximum absolute atomic E-state index is 5.98. The van der Waals surface area contributed by atoms with Crippen molar-refractivity contribution in [2.24, 2.45) is 5.73 Å². The Hall–Kier alpha value is -1.17. The number of hydrogen-bond acceptors (Lipinski definition) is 2. The first-order valence-corrected chi connectivity index (χ1v) is 5.17. The molecule has 80 valence electrons. The van der Waals surface area contributed by atoms with Gasteiger partial charge in [0.2, 0.25) is 0 Å². The van der Waals surface area contributed by atoms with Crippen LogP contribution in [0.4, 0.5) is 0 Å². The minimum atomic E-state index is 0.383. The molecule has 3 heteroatoms. The standard InChI is InChI=1S/C12H14ClNO/c1-2-3-4-8-15-12-7-5-6-11(13)10(12)9-14/h5-7H,4,8-9,14H2,1H3. The molecule has 0 radical (unpaired) electrons. The number of rotatable bonds is 4. The van der Waals surface area contributed by atoms with E-state index in [9.17, 15) is 0 Å². The maximum Gasteiger partial charge on any atom is 0.125 e. The van der Waals surface area contributed by atoms with Gasteiger partial charge < -0.3 is 10.5 Å². The summed E-state index contributed by atoms with van der Waals surface area (Å²) in [7, 11) is 0. The van der Waals surface area contributed by atoms with E-state index < -0.39 is 0 Å². The van der Waals surface area contributed by atoms with Crippen molar-refractivity contribution in [1.29, 1.82) is 0 Å². The maximum atomic E-state index is 5.98. The number of benzene rings is 1. The normalized spacial score (nSPS) is 9.27. The van der Waals surface area contributed by atoms with Gasteiger partial charge in [0.05, 0.1) is 6.61 Å². The Bertz CT molecular complexity index is 379. The van der Waals surface area contributed by atoms with Crippen molar-refractivity contribution in [2.75, 3.05) is 6.61 Å². The van der Waals surface area contributed by atoms with Gasteiger partial charge in [-0.3, -0.25) is 0 Å². The van der Waals surface area contributed by atoms with Gasteiger partial charge in [-0.2, -0.15) is 0 Å². The Labute approximate surface area is 95.4 Å². The molecule has 1 aromatic rings. The number of hydrogen-bond donors (Lipinski definition) is 1. The van der Waals surface area contributed by atoms with Crippen LogP contribution in [0.15, 0.2) is 18.2 Å². The first-order chi connectivity index (χ1) is 7.29. The molecular formula is C12H14ClNO. The monoisotopic (exact) mass is 223 g/mol. The van der Waals surface area contributed by atoms with Crippen molar-refractivity contribution in [2.45, 2.75) is 19.9 Å². The quantitative estimate of drug-likeness (QED) is 0.629. The zero-order chi connectivity index (χ0) is 11.1. The van der Waals surface area contributed by atoms with Gasteiger partial charge in [-0.15, -0.1) is 11.8 Å². The van der Waals surface area contributed by atoms with Gasteiger partial charge in [-0.05, 0) is 19.1 Å².